The van der Waals surface area contributed by atoms with Gasteiger partial charge in [-0.15, -0.1) is 0 Å². The molecule has 1 aliphatic carbocycles. The van der Waals surface area contributed by atoms with Crippen LogP contribution in [0.5, 0.6) is 5.75 Å². The zero-order valence-corrected chi connectivity index (χ0v) is 12.2. The van der Waals surface area contributed by atoms with E-state index in [1.165, 1.54) is 0 Å². The van der Waals surface area contributed by atoms with Gasteiger partial charge in [-0.3, -0.25) is 9.59 Å². The molecule has 0 aromatic heterocycles. The van der Waals surface area contributed by atoms with Crippen molar-refractivity contribution in [2.75, 3.05) is 25.1 Å². The molecule has 2 aliphatic rings. The molecule has 1 fully saturated rings. The van der Waals surface area contributed by atoms with E-state index < -0.39 is 0 Å². The Kier molecular flexibility index (Phi) is 3.82. The Balaban J connectivity index is 1.65. The third kappa shape index (κ3) is 3.17. The van der Waals surface area contributed by atoms with Gasteiger partial charge < -0.3 is 15.0 Å². The zero-order chi connectivity index (χ0) is 14.8. The van der Waals surface area contributed by atoms with Gasteiger partial charge in [0.2, 0.25) is 11.8 Å². The number of fused-ring (bicyclic) bond motifs is 1. The molecule has 5 heteroatoms. The van der Waals surface area contributed by atoms with E-state index in [1.54, 1.807) is 11.9 Å². The molecule has 0 radical (unpaired) electrons. The minimum Gasteiger partial charge on any atom is -0.491 e. The Labute approximate surface area is 124 Å². The number of carbonyl (C=O) groups excluding carboxylic acids is 2. The summed E-state index contributed by atoms with van der Waals surface area (Å²) >= 11 is 0. The summed E-state index contributed by atoms with van der Waals surface area (Å²) in [4.78, 5) is 25.1. The monoisotopic (exact) mass is 288 g/mol. The molecule has 0 bridgehead atoms. The molecule has 0 saturated heterocycles. The molecule has 1 aromatic carbocycles. The molecule has 21 heavy (non-hydrogen) atoms. The van der Waals surface area contributed by atoms with Gasteiger partial charge in [0.15, 0.2) is 0 Å². The molecule has 5 nitrogen and oxygen atoms in total. The minimum atomic E-state index is 0.0629. The van der Waals surface area contributed by atoms with Crippen LogP contribution in [0.25, 0.3) is 0 Å². The number of nitrogens with one attached hydrogen (secondary N) is 1. The molecular formula is C16H20N2O3. The molecule has 3 rings (SSSR count). The van der Waals surface area contributed by atoms with Crippen molar-refractivity contribution in [2.45, 2.75) is 25.7 Å². The number of hydrogen-bond donors (Lipinski definition) is 1. The summed E-state index contributed by atoms with van der Waals surface area (Å²) in [5, 5.41) is 2.95. The van der Waals surface area contributed by atoms with Gasteiger partial charge in [0, 0.05) is 19.5 Å². The van der Waals surface area contributed by atoms with Crippen LogP contribution < -0.4 is 15.0 Å². The molecule has 1 aromatic rings. The second kappa shape index (κ2) is 5.76. The lowest BCUT2D eigenvalue weighted by Gasteiger charge is -2.17. The summed E-state index contributed by atoms with van der Waals surface area (Å²) in [5.41, 5.74) is 1.90. The number of carbonyl (C=O) groups is 2. The standard InChI is InChI=1S/C16H20N2O3/c1-18-13-10-11(6-8-17-16(20)12-3-4-12)2-5-14(13)21-9-7-15(18)19/h2,5,10,12H,3-4,6-9H2,1H3,(H,17,20). The summed E-state index contributed by atoms with van der Waals surface area (Å²) in [5.74, 6) is 1.22. The van der Waals surface area contributed by atoms with Crippen molar-refractivity contribution in [3.8, 4) is 5.75 Å². The molecule has 1 aliphatic heterocycles. The van der Waals surface area contributed by atoms with Crippen LogP contribution >= 0.6 is 0 Å². The third-order valence-corrected chi connectivity index (χ3v) is 3.99. The molecule has 1 saturated carbocycles. The maximum atomic E-state index is 11.9. The number of rotatable bonds is 4. The first kappa shape index (κ1) is 13.9. The molecule has 0 spiro atoms. The first-order valence-corrected chi connectivity index (χ1v) is 7.45. The van der Waals surface area contributed by atoms with E-state index in [9.17, 15) is 9.59 Å². The fourth-order valence-electron chi connectivity index (χ4n) is 2.47. The van der Waals surface area contributed by atoms with Gasteiger partial charge in [-0.1, -0.05) is 6.07 Å². The second-order valence-electron chi connectivity index (χ2n) is 5.67. The van der Waals surface area contributed by atoms with E-state index in [1.807, 2.05) is 18.2 Å². The predicted octanol–water partition coefficient (Wildman–Crippen LogP) is 1.50. The van der Waals surface area contributed by atoms with Gasteiger partial charge in [-0.2, -0.15) is 0 Å². The Hall–Kier alpha value is -2.04. The van der Waals surface area contributed by atoms with Gasteiger partial charge in [0.1, 0.15) is 5.75 Å². The van der Waals surface area contributed by atoms with Crippen LogP contribution in [0.1, 0.15) is 24.8 Å². The van der Waals surface area contributed by atoms with Crippen molar-refractivity contribution >= 4 is 17.5 Å². The third-order valence-electron chi connectivity index (χ3n) is 3.99. The molecule has 0 atom stereocenters. The van der Waals surface area contributed by atoms with Gasteiger partial charge in [-0.25, -0.2) is 0 Å². The van der Waals surface area contributed by atoms with Gasteiger partial charge in [0.05, 0.1) is 18.7 Å². The van der Waals surface area contributed by atoms with E-state index in [0.29, 0.717) is 19.6 Å². The quantitative estimate of drug-likeness (QED) is 0.913. The fraction of sp³-hybridized carbons (Fsp3) is 0.500. The average Bonchev–Trinajstić information content (AvgIpc) is 3.31. The van der Waals surface area contributed by atoms with Crippen molar-refractivity contribution in [3.63, 3.8) is 0 Å². The Morgan fingerprint density at radius 3 is 3.00 bits per heavy atom. The Morgan fingerprint density at radius 2 is 2.24 bits per heavy atom. The lowest BCUT2D eigenvalue weighted by atomic mass is 10.1. The smallest absolute Gasteiger partial charge is 0.230 e. The van der Waals surface area contributed by atoms with Gasteiger partial charge in [-0.05, 0) is 37.0 Å². The lowest BCUT2D eigenvalue weighted by Crippen LogP contribution is -2.27. The summed E-state index contributed by atoms with van der Waals surface area (Å²) in [6.45, 7) is 1.06. The van der Waals surface area contributed by atoms with E-state index in [0.717, 1.165) is 36.3 Å². The summed E-state index contributed by atoms with van der Waals surface area (Å²) in [7, 11) is 1.77. The van der Waals surface area contributed by atoms with E-state index in [-0.39, 0.29) is 17.7 Å². The fourth-order valence-corrected chi connectivity index (χ4v) is 2.47. The largest absolute Gasteiger partial charge is 0.491 e. The molecular weight excluding hydrogens is 268 g/mol. The highest BCUT2D eigenvalue weighted by Crippen LogP contribution is 2.31. The lowest BCUT2D eigenvalue weighted by molar-refractivity contribution is -0.122. The first-order valence-electron chi connectivity index (χ1n) is 7.45. The van der Waals surface area contributed by atoms with Crippen molar-refractivity contribution in [2.24, 2.45) is 5.92 Å². The minimum absolute atomic E-state index is 0.0629. The summed E-state index contributed by atoms with van der Waals surface area (Å²) in [6, 6.07) is 5.87. The topological polar surface area (TPSA) is 58.6 Å². The second-order valence-corrected chi connectivity index (χ2v) is 5.67. The molecule has 0 unspecified atom stereocenters. The zero-order valence-electron chi connectivity index (χ0n) is 12.2. The van der Waals surface area contributed by atoms with Crippen molar-refractivity contribution < 1.29 is 14.3 Å². The number of nitrogens with zero attached hydrogens (tertiary/aromatic N) is 1. The first-order chi connectivity index (χ1) is 10.1. The highest BCUT2D eigenvalue weighted by atomic mass is 16.5. The van der Waals surface area contributed by atoms with Gasteiger partial charge in [0.25, 0.3) is 0 Å². The highest BCUT2D eigenvalue weighted by molar-refractivity contribution is 5.95. The van der Waals surface area contributed by atoms with Crippen LogP contribution in [0.4, 0.5) is 5.69 Å². The van der Waals surface area contributed by atoms with Crippen molar-refractivity contribution in [1.29, 1.82) is 0 Å². The van der Waals surface area contributed by atoms with Crippen LogP contribution in [-0.2, 0) is 16.0 Å². The summed E-state index contributed by atoms with van der Waals surface area (Å²) in [6.07, 6.45) is 3.20. The Bertz CT molecular complexity index is 567. The molecule has 2 amide bonds. The number of ether oxygens (including phenoxy) is 1. The van der Waals surface area contributed by atoms with E-state index in [4.69, 9.17) is 4.74 Å². The van der Waals surface area contributed by atoms with Crippen LogP contribution in [0.3, 0.4) is 0 Å². The summed E-state index contributed by atoms with van der Waals surface area (Å²) < 4.78 is 5.59. The normalized spacial score (nSPS) is 17.8. The maximum Gasteiger partial charge on any atom is 0.230 e. The highest BCUT2D eigenvalue weighted by Gasteiger charge is 2.29. The van der Waals surface area contributed by atoms with E-state index >= 15 is 0 Å². The van der Waals surface area contributed by atoms with Crippen molar-refractivity contribution in [1.82, 2.24) is 5.32 Å². The van der Waals surface area contributed by atoms with Crippen LogP contribution in [-0.4, -0.2) is 32.0 Å². The average molecular weight is 288 g/mol. The van der Waals surface area contributed by atoms with E-state index in [2.05, 4.69) is 5.32 Å². The number of hydrogen-bond acceptors (Lipinski definition) is 3. The van der Waals surface area contributed by atoms with Crippen molar-refractivity contribution in [3.05, 3.63) is 23.8 Å². The predicted molar refractivity (Wildman–Crippen MR) is 79.4 cm³/mol. The van der Waals surface area contributed by atoms with Crippen LogP contribution in [0, 0.1) is 5.92 Å². The SMILES string of the molecule is CN1C(=O)CCOc2ccc(CCNC(=O)C3CC3)cc21. The van der Waals surface area contributed by atoms with Crippen LogP contribution in [0.2, 0.25) is 0 Å². The number of anilines is 1. The molecule has 112 valence electrons. The van der Waals surface area contributed by atoms with Crippen LogP contribution in [0.15, 0.2) is 18.2 Å². The maximum absolute atomic E-state index is 11.9. The number of amides is 2. The molecule has 1 heterocycles. The number of benzene rings is 1. The Morgan fingerprint density at radius 1 is 1.43 bits per heavy atom. The van der Waals surface area contributed by atoms with Gasteiger partial charge >= 0.3 is 0 Å². The molecule has 1 N–H and O–H groups in total.